The summed E-state index contributed by atoms with van der Waals surface area (Å²) in [5, 5.41) is 8.94. The number of pyridine rings is 2. The first-order valence-electron chi connectivity index (χ1n) is 10.4. The van der Waals surface area contributed by atoms with Crippen molar-refractivity contribution < 1.29 is 8.42 Å². The third kappa shape index (κ3) is 4.02. The maximum absolute atomic E-state index is 13.4. The minimum atomic E-state index is -4.01. The smallest absolute Gasteiger partial charge is 0.267 e. The van der Waals surface area contributed by atoms with Gasteiger partial charge in [-0.3, -0.25) is 14.6 Å². The normalized spacial score (nSPS) is 11.9. The van der Waals surface area contributed by atoms with E-state index in [1.165, 1.54) is 22.6 Å². The lowest BCUT2D eigenvalue weighted by atomic mass is 10.2. The van der Waals surface area contributed by atoms with Crippen LogP contribution in [0.3, 0.4) is 0 Å². The van der Waals surface area contributed by atoms with Crippen LogP contribution in [0.4, 0.5) is 0 Å². The lowest BCUT2D eigenvalue weighted by Gasteiger charge is -2.15. The van der Waals surface area contributed by atoms with Gasteiger partial charge in [-0.15, -0.1) is 0 Å². The highest BCUT2D eigenvalue weighted by molar-refractivity contribution is 9.10. The number of aryl methyl sites for hydroxylation is 1. The summed E-state index contributed by atoms with van der Waals surface area (Å²) < 4.78 is 30.6. The number of nitrogens with one attached hydrogen (secondary N) is 1. The number of hydrogen-bond donors (Lipinski definition) is 1. The second-order valence-corrected chi connectivity index (χ2v) is 10.4. The van der Waals surface area contributed by atoms with Crippen molar-refractivity contribution in [3.05, 3.63) is 75.0 Å². The Labute approximate surface area is 193 Å². The average Bonchev–Trinajstić information content (AvgIpc) is 2.78. The summed E-state index contributed by atoms with van der Waals surface area (Å²) >= 11 is 3.31. The Morgan fingerprint density at radius 2 is 1.81 bits per heavy atom. The van der Waals surface area contributed by atoms with E-state index in [1.807, 2.05) is 0 Å². The molecule has 1 aromatic carbocycles. The number of sulfone groups is 1. The molecule has 0 spiro atoms. The van der Waals surface area contributed by atoms with Crippen molar-refractivity contribution in [3.63, 3.8) is 0 Å². The summed E-state index contributed by atoms with van der Waals surface area (Å²) in [4.78, 5) is 17.7. The highest BCUT2D eigenvalue weighted by Crippen LogP contribution is 2.22. The van der Waals surface area contributed by atoms with Gasteiger partial charge in [0.05, 0.1) is 10.3 Å². The maximum Gasteiger partial charge on any atom is 0.267 e. The number of halogens is 1. The molecule has 9 heteroatoms. The van der Waals surface area contributed by atoms with E-state index in [4.69, 9.17) is 5.41 Å². The van der Waals surface area contributed by atoms with Gasteiger partial charge in [-0.1, -0.05) is 48.2 Å². The van der Waals surface area contributed by atoms with Gasteiger partial charge in [-0.05, 0) is 48.9 Å². The summed E-state index contributed by atoms with van der Waals surface area (Å²) in [6, 6.07) is 12.8. The molecular weight excluding hydrogens is 492 g/mol. The average molecular weight is 515 g/mol. The second kappa shape index (κ2) is 8.99. The molecule has 0 unspecified atom stereocenters. The molecule has 0 saturated heterocycles. The van der Waals surface area contributed by atoms with Crippen molar-refractivity contribution >= 4 is 42.4 Å². The molecule has 1 N–H and O–H groups in total. The fraction of sp³-hybridized carbons (Fsp3) is 0.261. The van der Waals surface area contributed by atoms with E-state index in [9.17, 15) is 13.2 Å². The molecule has 32 heavy (non-hydrogen) atoms. The molecule has 0 atom stereocenters. The Morgan fingerprint density at radius 1 is 1.06 bits per heavy atom. The molecule has 0 amide bonds. The zero-order valence-electron chi connectivity index (χ0n) is 17.6. The summed E-state index contributed by atoms with van der Waals surface area (Å²) in [6.45, 7) is 2.52. The lowest BCUT2D eigenvalue weighted by Crippen LogP contribution is -2.30. The molecule has 0 bridgehead atoms. The van der Waals surface area contributed by atoms with Crippen molar-refractivity contribution in [1.82, 2.24) is 14.0 Å². The Balaban J connectivity index is 2.01. The predicted octanol–water partition coefficient (Wildman–Crippen LogP) is 4.30. The number of fused-ring (bicyclic) bond motifs is 2. The van der Waals surface area contributed by atoms with Crippen LogP contribution in [0.2, 0.25) is 0 Å². The van der Waals surface area contributed by atoms with E-state index in [1.54, 1.807) is 41.1 Å². The Kier molecular flexibility index (Phi) is 6.30. The van der Waals surface area contributed by atoms with E-state index >= 15 is 0 Å². The highest BCUT2D eigenvalue weighted by Gasteiger charge is 2.24. The van der Waals surface area contributed by atoms with E-state index in [0.717, 1.165) is 30.2 Å². The van der Waals surface area contributed by atoms with Gasteiger partial charge in [0.15, 0.2) is 0 Å². The topological polar surface area (TPSA) is 97.3 Å². The number of unbranched alkanes of at least 4 members (excludes halogenated alkanes) is 3. The number of benzene rings is 1. The molecule has 0 fully saturated rings. The molecule has 166 valence electrons. The number of rotatable bonds is 7. The van der Waals surface area contributed by atoms with Crippen LogP contribution in [0.25, 0.3) is 16.7 Å². The Morgan fingerprint density at radius 3 is 2.53 bits per heavy atom. The zero-order valence-corrected chi connectivity index (χ0v) is 20.0. The van der Waals surface area contributed by atoms with Crippen molar-refractivity contribution in [3.8, 4) is 0 Å². The third-order valence-corrected chi connectivity index (χ3v) is 7.74. The molecule has 0 radical (unpaired) electrons. The molecule has 0 aliphatic rings. The molecule has 0 saturated carbocycles. The van der Waals surface area contributed by atoms with Gasteiger partial charge in [0.2, 0.25) is 9.84 Å². The molecule has 0 aliphatic heterocycles. The van der Waals surface area contributed by atoms with Gasteiger partial charge in [-0.25, -0.2) is 13.4 Å². The first kappa shape index (κ1) is 22.4. The SMILES string of the molecule is CCCCCCn1c(=N)c(S(=O)(=O)c2ccc(Br)cc2)cc2c(=O)n3ccccc3nc21. The summed E-state index contributed by atoms with van der Waals surface area (Å²) in [5.41, 5.74) is 0.261. The predicted molar refractivity (Wildman–Crippen MR) is 127 cm³/mol. The van der Waals surface area contributed by atoms with Gasteiger partial charge >= 0.3 is 0 Å². The monoisotopic (exact) mass is 514 g/mol. The van der Waals surface area contributed by atoms with E-state index in [0.29, 0.717) is 17.8 Å². The minimum Gasteiger partial charge on any atom is -0.310 e. The van der Waals surface area contributed by atoms with E-state index in [2.05, 4.69) is 27.8 Å². The van der Waals surface area contributed by atoms with Gasteiger partial charge < -0.3 is 4.57 Å². The van der Waals surface area contributed by atoms with Crippen LogP contribution in [0.1, 0.15) is 32.6 Å². The molecular formula is C23H23BrN4O3S. The summed E-state index contributed by atoms with van der Waals surface area (Å²) in [7, 11) is -4.01. The summed E-state index contributed by atoms with van der Waals surface area (Å²) in [5.74, 6) is 0. The third-order valence-electron chi connectivity index (χ3n) is 5.43. The number of hydrogen-bond acceptors (Lipinski definition) is 5. The van der Waals surface area contributed by atoms with Crippen LogP contribution in [0.5, 0.6) is 0 Å². The van der Waals surface area contributed by atoms with Crippen LogP contribution in [-0.2, 0) is 16.4 Å². The largest absolute Gasteiger partial charge is 0.310 e. The summed E-state index contributed by atoms with van der Waals surface area (Å²) in [6.07, 6.45) is 5.41. The molecule has 3 heterocycles. The number of aromatic nitrogens is 3. The van der Waals surface area contributed by atoms with Crippen molar-refractivity contribution in [2.24, 2.45) is 0 Å². The highest BCUT2D eigenvalue weighted by atomic mass is 79.9. The van der Waals surface area contributed by atoms with Gasteiger partial charge in [0.1, 0.15) is 21.7 Å². The van der Waals surface area contributed by atoms with Crippen LogP contribution in [-0.4, -0.2) is 22.4 Å². The molecule has 7 nitrogen and oxygen atoms in total. The van der Waals surface area contributed by atoms with Crippen molar-refractivity contribution in [1.29, 1.82) is 5.41 Å². The maximum atomic E-state index is 13.4. The minimum absolute atomic E-state index is 0.0694. The van der Waals surface area contributed by atoms with Crippen LogP contribution in [0.15, 0.2) is 73.8 Å². The Hall–Kier alpha value is -2.78. The van der Waals surface area contributed by atoms with Crippen LogP contribution < -0.4 is 11.0 Å². The molecule has 0 aliphatic carbocycles. The van der Waals surface area contributed by atoms with E-state index in [-0.39, 0.29) is 26.2 Å². The standard InChI is InChI=1S/C23H23BrN4O3S/c1-2-3-4-6-14-28-21(25)19(32(30,31)17-11-9-16(24)10-12-17)15-18-22(28)26-20-8-5-7-13-27(20)23(18)29/h5,7-13,15,25H,2-4,6,14H2,1H3. The lowest BCUT2D eigenvalue weighted by molar-refractivity contribution is 0.559. The molecule has 4 rings (SSSR count). The molecule has 3 aromatic heterocycles. The molecule has 4 aromatic rings. The van der Waals surface area contributed by atoms with Gasteiger partial charge in [-0.2, -0.15) is 0 Å². The van der Waals surface area contributed by atoms with Gasteiger partial charge in [0.25, 0.3) is 5.56 Å². The quantitative estimate of drug-likeness (QED) is 0.293. The number of nitrogens with zero attached hydrogens (tertiary/aromatic N) is 3. The fourth-order valence-corrected chi connectivity index (χ4v) is 5.37. The van der Waals surface area contributed by atoms with Crippen LogP contribution >= 0.6 is 15.9 Å². The zero-order chi connectivity index (χ0) is 22.9. The van der Waals surface area contributed by atoms with Crippen molar-refractivity contribution in [2.75, 3.05) is 0 Å². The van der Waals surface area contributed by atoms with Gasteiger partial charge in [0, 0.05) is 17.2 Å². The van der Waals surface area contributed by atoms with Crippen molar-refractivity contribution in [2.45, 2.75) is 48.9 Å². The van der Waals surface area contributed by atoms with E-state index < -0.39 is 9.84 Å². The second-order valence-electron chi connectivity index (χ2n) is 7.61. The first-order valence-corrected chi connectivity index (χ1v) is 12.7. The fourth-order valence-electron chi connectivity index (χ4n) is 3.72. The van der Waals surface area contributed by atoms with Crippen LogP contribution in [0, 0.1) is 5.41 Å². The Bertz CT molecular complexity index is 1520. The first-order chi connectivity index (χ1) is 15.3.